The second kappa shape index (κ2) is 5.87. The summed E-state index contributed by atoms with van der Waals surface area (Å²) in [5.74, 6) is 0.904. The van der Waals surface area contributed by atoms with Crippen LogP contribution in [-0.2, 0) is 15.9 Å². The minimum Gasteiger partial charge on any atom is -0.497 e. The van der Waals surface area contributed by atoms with Crippen LogP contribution < -0.4 is 4.74 Å². The minimum absolute atomic E-state index is 0.260. The van der Waals surface area contributed by atoms with Gasteiger partial charge in [-0.2, -0.15) is 0 Å². The van der Waals surface area contributed by atoms with E-state index in [1.807, 2.05) is 12.1 Å². The van der Waals surface area contributed by atoms with E-state index in [4.69, 9.17) is 14.2 Å². The molecule has 1 saturated heterocycles. The average Bonchev–Trinajstić information content (AvgIpc) is 2.38. The molecule has 1 aromatic rings. The Labute approximate surface area is 96.3 Å². The molecule has 0 aliphatic carbocycles. The van der Waals surface area contributed by atoms with Crippen LogP contribution in [-0.4, -0.2) is 33.0 Å². The maximum Gasteiger partial charge on any atom is 0.118 e. The number of benzene rings is 1. The molecule has 1 unspecified atom stereocenters. The average molecular weight is 222 g/mol. The summed E-state index contributed by atoms with van der Waals surface area (Å²) >= 11 is 0. The fraction of sp³-hybridized carbons (Fsp3) is 0.538. The Hall–Kier alpha value is -1.06. The zero-order valence-electron chi connectivity index (χ0n) is 9.65. The van der Waals surface area contributed by atoms with E-state index >= 15 is 0 Å². The normalized spacial score (nSPS) is 20.7. The molecule has 2 rings (SSSR count). The van der Waals surface area contributed by atoms with Gasteiger partial charge in [-0.05, 0) is 30.5 Å². The highest BCUT2D eigenvalue weighted by Gasteiger charge is 2.13. The van der Waals surface area contributed by atoms with Gasteiger partial charge in [-0.15, -0.1) is 0 Å². The van der Waals surface area contributed by atoms with Crippen LogP contribution in [0.1, 0.15) is 12.0 Å². The Morgan fingerprint density at radius 1 is 1.25 bits per heavy atom. The molecule has 1 fully saturated rings. The maximum absolute atomic E-state index is 5.59. The first-order valence-corrected chi connectivity index (χ1v) is 5.71. The maximum atomic E-state index is 5.59. The van der Waals surface area contributed by atoms with Crippen LogP contribution in [0.3, 0.4) is 0 Å². The highest BCUT2D eigenvalue weighted by molar-refractivity contribution is 5.27. The lowest BCUT2D eigenvalue weighted by Crippen LogP contribution is -2.28. The van der Waals surface area contributed by atoms with Gasteiger partial charge < -0.3 is 14.2 Å². The standard InChI is InChI=1S/C13H18O3/c1-14-12-5-2-11(3-6-12)4-7-13-10-15-8-9-16-13/h2-3,5-6,13H,4,7-10H2,1H3. The van der Waals surface area contributed by atoms with Gasteiger partial charge in [0.1, 0.15) is 5.75 Å². The van der Waals surface area contributed by atoms with Crippen LogP contribution >= 0.6 is 0 Å². The smallest absolute Gasteiger partial charge is 0.118 e. The second-order valence-electron chi connectivity index (χ2n) is 3.95. The van der Waals surface area contributed by atoms with Crippen molar-refractivity contribution in [2.75, 3.05) is 26.9 Å². The second-order valence-corrected chi connectivity index (χ2v) is 3.95. The fourth-order valence-corrected chi connectivity index (χ4v) is 1.82. The van der Waals surface area contributed by atoms with E-state index in [0.717, 1.165) is 38.4 Å². The molecule has 3 heteroatoms. The Bertz CT molecular complexity index is 301. The minimum atomic E-state index is 0.260. The lowest BCUT2D eigenvalue weighted by molar-refractivity contribution is -0.0903. The molecule has 1 aliphatic heterocycles. The van der Waals surface area contributed by atoms with Crippen molar-refractivity contribution in [3.8, 4) is 5.75 Å². The largest absolute Gasteiger partial charge is 0.497 e. The van der Waals surface area contributed by atoms with Crippen LogP contribution in [0.2, 0.25) is 0 Å². The van der Waals surface area contributed by atoms with Crippen molar-refractivity contribution in [2.24, 2.45) is 0 Å². The summed E-state index contributed by atoms with van der Waals surface area (Å²) in [4.78, 5) is 0. The van der Waals surface area contributed by atoms with Crippen LogP contribution in [0.5, 0.6) is 5.75 Å². The third kappa shape index (κ3) is 3.22. The number of ether oxygens (including phenoxy) is 3. The summed E-state index contributed by atoms with van der Waals surface area (Å²) in [6.45, 7) is 2.20. The molecular weight excluding hydrogens is 204 g/mol. The Morgan fingerprint density at radius 2 is 2.06 bits per heavy atom. The van der Waals surface area contributed by atoms with E-state index in [0.29, 0.717) is 0 Å². The molecule has 0 N–H and O–H groups in total. The Balaban J connectivity index is 1.79. The number of methoxy groups -OCH3 is 1. The highest BCUT2D eigenvalue weighted by Crippen LogP contribution is 2.14. The number of hydrogen-bond donors (Lipinski definition) is 0. The van der Waals surface area contributed by atoms with E-state index in [2.05, 4.69) is 12.1 Å². The van der Waals surface area contributed by atoms with Gasteiger partial charge in [-0.3, -0.25) is 0 Å². The van der Waals surface area contributed by atoms with Crippen molar-refractivity contribution in [1.82, 2.24) is 0 Å². The zero-order chi connectivity index (χ0) is 11.2. The van der Waals surface area contributed by atoms with Gasteiger partial charge in [0.05, 0.1) is 33.0 Å². The molecule has 0 radical (unpaired) electrons. The van der Waals surface area contributed by atoms with E-state index in [1.54, 1.807) is 7.11 Å². The van der Waals surface area contributed by atoms with E-state index in [1.165, 1.54) is 5.56 Å². The fourth-order valence-electron chi connectivity index (χ4n) is 1.82. The van der Waals surface area contributed by atoms with Crippen LogP contribution in [0.15, 0.2) is 24.3 Å². The third-order valence-electron chi connectivity index (χ3n) is 2.80. The summed E-state index contributed by atoms with van der Waals surface area (Å²) in [6.07, 6.45) is 2.31. The first-order valence-electron chi connectivity index (χ1n) is 5.71. The summed E-state index contributed by atoms with van der Waals surface area (Å²) in [5, 5.41) is 0. The number of hydrogen-bond acceptors (Lipinski definition) is 3. The van der Waals surface area contributed by atoms with Crippen molar-refractivity contribution in [1.29, 1.82) is 0 Å². The quantitative estimate of drug-likeness (QED) is 0.780. The Morgan fingerprint density at radius 3 is 2.69 bits per heavy atom. The summed E-state index contributed by atoms with van der Waals surface area (Å²) < 4.78 is 16.1. The first kappa shape index (κ1) is 11.4. The van der Waals surface area contributed by atoms with Crippen LogP contribution in [0.4, 0.5) is 0 Å². The van der Waals surface area contributed by atoms with Crippen LogP contribution in [0, 0.1) is 0 Å². The molecule has 0 aromatic heterocycles. The van der Waals surface area contributed by atoms with Crippen molar-refractivity contribution in [3.63, 3.8) is 0 Å². The molecular formula is C13H18O3. The molecule has 88 valence electrons. The lowest BCUT2D eigenvalue weighted by atomic mass is 10.1. The SMILES string of the molecule is COc1ccc(CCC2COCCO2)cc1. The molecule has 1 aliphatic rings. The van der Waals surface area contributed by atoms with Gasteiger partial charge in [0, 0.05) is 0 Å². The molecule has 3 nitrogen and oxygen atoms in total. The van der Waals surface area contributed by atoms with Gasteiger partial charge in [0.15, 0.2) is 0 Å². The van der Waals surface area contributed by atoms with Gasteiger partial charge in [0.25, 0.3) is 0 Å². The lowest BCUT2D eigenvalue weighted by Gasteiger charge is -2.22. The van der Waals surface area contributed by atoms with E-state index in [9.17, 15) is 0 Å². The summed E-state index contributed by atoms with van der Waals surface area (Å²) in [7, 11) is 1.68. The summed E-state index contributed by atoms with van der Waals surface area (Å²) in [6, 6.07) is 8.19. The predicted molar refractivity (Wildman–Crippen MR) is 61.9 cm³/mol. The molecule has 0 saturated carbocycles. The predicted octanol–water partition coefficient (Wildman–Crippen LogP) is 2.04. The number of rotatable bonds is 4. The van der Waals surface area contributed by atoms with Gasteiger partial charge in [-0.25, -0.2) is 0 Å². The molecule has 0 bridgehead atoms. The van der Waals surface area contributed by atoms with Gasteiger partial charge in [0.2, 0.25) is 0 Å². The molecule has 1 atom stereocenters. The molecule has 0 amide bonds. The van der Waals surface area contributed by atoms with Crippen molar-refractivity contribution in [3.05, 3.63) is 29.8 Å². The van der Waals surface area contributed by atoms with Gasteiger partial charge >= 0.3 is 0 Å². The molecule has 16 heavy (non-hydrogen) atoms. The van der Waals surface area contributed by atoms with Crippen LogP contribution in [0.25, 0.3) is 0 Å². The van der Waals surface area contributed by atoms with E-state index in [-0.39, 0.29) is 6.10 Å². The first-order chi connectivity index (χ1) is 7.88. The highest BCUT2D eigenvalue weighted by atomic mass is 16.6. The number of aryl methyl sites for hydroxylation is 1. The van der Waals surface area contributed by atoms with E-state index < -0.39 is 0 Å². The molecule has 1 aromatic carbocycles. The van der Waals surface area contributed by atoms with Crippen molar-refractivity contribution < 1.29 is 14.2 Å². The van der Waals surface area contributed by atoms with Crippen molar-refractivity contribution in [2.45, 2.75) is 18.9 Å². The van der Waals surface area contributed by atoms with Gasteiger partial charge in [-0.1, -0.05) is 12.1 Å². The molecule has 1 heterocycles. The topological polar surface area (TPSA) is 27.7 Å². The summed E-state index contributed by atoms with van der Waals surface area (Å²) in [5.41, 5.74) is 1.31. The monoisotopic (exact) mass is 222 g/mol. The Kier molecular flexibility index (Phi) is 4.19. The molecule has 0 spiro atoms. The third-order valence-corrected chi connectivity index (χ3v) is 2.80. The van der Waals surface area contributed by atoms with Crippen molar-refractivity contribution >= 4 is 0 Å². The zero-order valence-corrected chi connectivity index (χ0v) is 9.65.